The molecule has 0 N–H and O–H groups in total. The fourth-order valence-corrected chi connectivity index (χ4v) is 4.63. The molecule has 0 unspecified atom stereocenters. The van der Waals surface area contributed by atoms with Gasteiger partial charge in [-0.05, 0) is 54.2 Å². The third-order valence-electron chi connectivity index (χ3n) is 6.74. The molecule has 35 heavy (non-hydrogen) atoms. The van der Waals surface area contributed by atoms with Crippen LogP contribution in [0.15, 0.2) is 54.9 Å². The summed E-state index contributed by atoms with van der Waals surface area (Å²) in [6.45, 7) is 5.39. The number of pyridine rings is 1. The summed E-state index contributed by atoms with van der Waals surface area (Å²) in [6.07, 6.45) is 9.84. The molecule has 7 nitrogen and oxygen atoms in total. The third-order valence-corrected chi connectivity index (χ3v) is 6.74. The highest BCUT2D eigenvalue weighted by atomic mass is 16.5. The van der Waals surface area contributed by atoms with Crippen LogP contribution in [0.4, 0.5) is 5.69 Å². The van der Waals surface area contributed by atoms with Crippen molar-refractivity contribution < 1.29 is 14.3 Å². The predicted octanol–water partition coefficient (Wildman–Crippen LogP) is 3.32. The zero-order valence-corrected chi connectivity index (χ0v) is 21.0. The second kappa shape index (κ2) is 12.8. The van der Waals surface area contributed by atoms with Crippen LogP contribution >= 0.6 is 0 Å². The van der Waals surface area contributed by atoms with Crippen molar-refractivity contribution in [1.29, 1.82) is 0 Å². The molecule has 0 saturated carbocycles. The van der Waals surface area contributed by atoms with Gasteiger partial charge in [-0.3, -0.25) is 14.7 Å². The van der Waals surface area contributed by atoms with Crippen molar-refractivity contribution in [2.24, 2.45) is 5.92 Å². The molecule has 2 aromatic rings. The number of carbonyl (C=O) groups is 1. The van der Waals surface area contributed by atoms with Crippen molar-refractivity contribution in [3.05, 3.63) is 66.0 Å². The average Bonchev–Trinajstić information content (AvgIpc) is 3.02. The smallest absolute Gasteiger partial charge is 0.236 e. The highest BCUT2D eigenvalue weighted by Crippen LogP contribution is 2.19. The minimum Gasteiger partial charge on any atom is -0.381 e. The quantitative estimate of drug-likeness (QED) is 0.551. The first-order chi connectivity index (χ1) is 17.1. The highest BCUT2D eigenvalue weighted by Gasteiger charge is 2.30. The maximum atomic E-state index is 13.2. The molecule has 4 rings (SSSR count). The number of hydrogen-bond acceptors (Lipinski definition) is 6. The summed E-state index contributed by atoms with van der Waals surface area (Å²) in [7, 11) is 4.08. The Morgan fingerprint density at radius 1 is 1.09 bits per heavy atom. The molecule has 188 valence electrons. The molecule has 0 aliphatic carbocycles. The number of amides is 1. The van der Waals surface area contributed by atoms with Crippen molar-refractivity contribution in [3.63, 3.8) is 0 Å². The lowest BCUT2D eigenvalue weighted by Crippen LogP contribution is -2.42. The minimum absolute atomic E-state index is 0.0396. The number of anilines is 1. The number of aromatic nitrogens is 1. The van der Waals surface area contributed by atoms with Gasteiger partial charge in [-0.1, -0.05) is 24.3 Å². The molecule has 1 aromatic carbocycles. The zero-order chi connectivity index (χ0) is 24.5. The van der Waals surface area contributed by atoms with Crippen molar-refractivity contribution in [3.8, 4) is 0 Å². The first-order valence-corrected chi connectivity index (χ1v) is 12.6. The van der Waals surface area contributed by atoms with Gasteiger partial charge in [0.25, 0.3) is 0 Å². The Balaban J connectivity index is 1.39. The Labute approximate surface area is 209 Å². The van der Waals surface area contributed by atoms with E-state index in [-0.39, 0.29) is 12.0 Å². The molecule has 0 spiro atoms. The van der Waals surface area contributed by atoms with E-state index in [9.17, 15) is 4.79 Å². The standard InChI is InChI=1S/C28H38N4O3/c1-30(2)26-7-5-23(6-8-26)4-3-15-31-19-27(35-22-25-9-13-29-14-10-25)20-32(28(33)21-31)18-24-11-16-34-17-12-24/h3-10,13-14,24,27H,11-12,15-22H2,1-2H3/b4-3+/t27-/m1/s1. The molecule has 7 heteroatoms. The molecule has 0 bridgehead atoms. The van der Waals surface area contributed by atoms with Crippen LogP contribution in [-0.2, 0) is 20.9 Å². The summed E-state index contributed by atoms with van der Waals surface area (Å²) in [5.74, 6) is 0.695. The summed E-state index contributed by atoms with van der Waals surface area (Å²) in [5, 5.41) is 0. The molecule has 1 aromatic heterocycles. The van der Waals surface area contributed by atoms with Gasteiger partial charge in [-0.15, -0.1) is 0 Å². The number of nitrogens with zero attached hydrogens (tertiary/aromatic N) is 4. The van der Waals surface area contributed by atoms with Crippen molar-refractivity contribution >= 4 is 17.7 Å². The molecule has 2 saturated heterocycles. The Morgan fingerprint density at radius 2 is 1.83 bits per heavy atom. The Hall–Kier alpha value is -2.74. The molecular weight excluding hydrogens is 440 g/mol. The number of ether oxygens (including phenoxy) is 2. The second-order valence-corrected chi connectivity index (χ2v) is 9.73. The summed E-state index contributed by atoms with van der Waals surface area (Å²) >= 11 is 0. The summed E-state index contributed by atoms with van der Waals surface area (Å²) in [6, 6.07) is 12.4. The topological polar surface area (TPSA) is 58.1 Å². The molecule has 2 aliphatic rings. The number of hydrogen-bond donors (Lipinski definition) is 0. The van der Waals surface area contributed by atoms with Gasteiger partial charge in [0.05, 0.1) is 19.3 Å². The van der Waals surface area contributed by atoms with Gasteiger partial charge in [0.15, 0.2) is 0 Å². The van der Waals surface area contributed by atoms with Crippen LogP contribution in [0.25, 0.3) is 6.08 Å². The third kappa shape index (κ3) is 7.88. The first kappa shape index (κ1) is 25.4. The van der Waals surface area contributed by atoms with E-state index in [1.807, 2.05) is 31.1 Å². The molecule has 2 aliphatic heterocycles. The molecule has 2 fully saturated rings. The fraction of sp³-hybridized carbons (Fsp3) is 0.500. The summed E-state index contributed by atoms with van der Waals surface area (Å²) < 4.78 is 11.8. The van der Waals surface area contributed by atoms with E-state index < -0.39 is 0 Å². The van der Waals surface area contributed by atoms with E-state index in [0.717, 1.165) is 50.3 Å². The van der Waals surface area contributed by atoms with E-state index in [1.54, 1.807) is 12.4 Å². The molecule has 1 atom stereocenters. The van der Waals surface area contributed by atoms with Gasteiger partial charge in [0.1, 0.15) is 0 Å². The van der Waals surface area contributed by atoms with Crippen LogP contribution in [0, 0.1) is 5.92 Å². The number of rotatable bonds is 9. The van der Waals surface area contributed by atoms with Crippen LogP contribution < -0.4 is 4.90 Å². The molecule has 0 radical (unpaired) electrons. The first-order valence-electron chi connectivity index (χ1n) is 12.6. The molecular formula is C28H38N4O3. The fourth-order valence-electron chi connectivity index (χ4n) is 4.63. The maximum Gasteiger partial charge on any atom is 0.236 e. The van der Waals surface area contributed by atoms with Crippen LogP contribution in [0.3, 0.4) is 0 Å². The van der Waals surface area contributed by atoms with Gasteiger partial charge in [0.2, 0.25) is 5.91 Å². The van der Waals surface area contributed by atoms with Crippen molar-refractivity contribution in [2.45, 2.75) is 25.6 Å². The monoisotopic (exact) mass is 478 g/mol. The van der Waals surface area contributed by atoms with E-state index in [1.165, 1.54) is 5.69 Å². The van der Waals surface area contributed by atoms with Crippen molar-refractivity contribution in [1.82, 2.24) is 14.8 Å². The lowest BCUT2D eigenvalue weighted by molar-refractivity contribution is -0.133. The van der Waals surface area contributed by atoms with Crippen molar-refractivity contribution in [2.75, 3.05) is 64.9 Å². The zero-order valence-electron chi connectivity index (χ0n) is 21.0. The summed E-state index contributed by atoms with van der Waals surface area (Å²) in [5.41, 5.74) is 3.43. The largest absolute Gasteiger partial charge is 0.381 e. The van der Waals surface area contributed by atoms with Gasteiger partial charge < -0.3 is 19.3 Å². The number of benzene rings is 1. The van der Waals surface area contributed by atoms with Gasteiger partial charge in [-0.2, -0.15) is 0 Å². The van der Waals surface area contributed by atoms with Crippen LogP contribution in [-0.4, -0.2) is 86.8 Å². The summed E-state index contributed by atoms with van der Waals surface area (Å²) in [4.78, 5) is 23.6. The van der Waals surface area contributed by atoms with Crippen LogP contribution in [0.5, 0.6) is 0 Å². The van der Waals surface area contributed by atoms with E-state index >= 15 is 0 Å². The maximum absolute atomic E-state index is 13.2. The lowest BCUT2D eigenvalue weighted by Gasteiger charge is -2.30. The average molecular weight is 479 g/mol. The van der Waals surface area contributed by atoms with E-state index in [0.29, 0.717) is 32.2 Å². The van der Waals surface area contributed by atoms with E-state index in [2.05, 4.69) is 51.2 Å². The van der Waals surface area contributed by atoms with Gasteiger partial charge in [0, 0.05) is 71.6 Å². The van der Waals surface area contributed by atoms with Gasteiger partial charge >= 0.3 is 0 Å². The Kier molecular flexibility index (Phi) is 9.28. The van der Waals surface area contributed by atoms with Crippen LogP contribution in [0.2, 0.25) is 0 Å². The predicted molar refractivity (Wildman–Crippen MR) is 139 cm³/mol. The second-order valence-electron chi connectivity index (χ2n) is 9.73. The van der Waals surface area contributed by atoms with Crippen LogP contribution in [0.1, 0.15) is 24.0 Å². The van der Waals surface area contributed by atoms with Gasteiger partial charge in [-0.25, -0.2) is 0 Å². The highest BCUT2D eigenvalue weighted by molar-refractivity contribution is 5.78. The lowest BCUT2D eigenvalue weighted by atomic mass is 9.99. The Bertz CT molecular complexity index is 942. The number of carbonyl (C=O) groups excluding carboxylic acids is 1. The van der Waals surface area contributed by atoms with E-state index in [4.69, 9.17) is 9.47 Å². The normalized spacial score (nSPS) is 20.3. The SMILES string of the molecule is CN(C)c1ccc(/C=C/CN2CC(=O)N(CC3CCOCC3)C[C@H](OCc3ccncc3)C2)cc1. The molecule has 3 heterocycles. The minimum atomic E-state index is -0.0396. The molecule has 1 amide bonds. The Morgan fingerprint density at radius 3 is 2.54 bits per heavy atom.